The standard InChI is InChI=1S/C13H18N2O3/c1-5-12(18-8(2)3)15-11(16)6-9(4)10(7-14)13(15)17/h6,8,12,16H,5H2,1-4H3. The van der Waals surface area contributed by atoms with Gasteiger partial charge in [0, 0.05) is 6.07 Å². The molecule has 0 saturated carbocycles. The molecule has 0 aliphatic heterocycles. The Morgan fingerprint density at radius 2 is 2.17 bits per heavy atom. The van der Waals surface area contributed by atoms with Crippen LogP contribution >= 0.6 is 0 Å². The van der Waals surface area contributed by atoms with Crippen LogP contribution in [0.5, 0.6) is 5.88 Å². The molecule has 1 N–H and O–H groups in total. The second kappa shape index (κ2) is 5.69. The van der Waals surface area contributed by atoms with Crippen molar-refractivity contribution in [3.63, 3.8) is 0 Å². The number of aromatic nitrogens is 1. The average molecular weight is 250 g/mol. The first-order valence-electron chi connectivity index (χ1n) is 5.93. The molecule has 0 aliphatic rings. The van der Waals surface area contributed by atoms with E-state index >= 15 is 0 Å². The first-order valence-corrected chi connectivity index (χ1v) is 5.93. The molecule has 18 heavy (non-hydrogen) atoms. The minimum absolute atomic E-state index is 0.0404. The summed E-state index contributed by atoms with van der Waals surface area (Å²) in [5.41, 5.74) is -0.00300. The van der Waals surface area contributed by atoms with Crippen molar-refractivity contribution in [1.29, 1.82) is 5.26 Å². The van der Waals surface area contributed by atoms with Gasteiger partial charge in [-0.15, -0.1) is 0 Å². The molecular weight excluding hydrogens is 232 g/mol. The van der Waals surface area contributed by atoms with Crippen LogP contribution < -0.4 is 5.56 Å². The lowest BCUT2D eigenvalue weighted by Gasteiger charge is -2.22. The quantitative estimate of drug-likeness (QED) is 0.887. The normalized spacial score (nSPS) is 12.4. The second-order valence-electron chi connectivity index (χ2n) is 4.40. The number of ether oxygens (including phenoxy) is 1. The van der Waals surface area contributed by atoms with Crippen molar-refractivity contribution in [2.45, 2.75) is 46.4 Å². The largest absolute Gasteiger partial charge is 0.494 e. The van der Waals surface area contributed by atoms with E-state index in [1.54, 1.807) is 6.92 Å². The number of nitriles is 1. The Hall–Kier alpha value is -1.80. The van der Waals surface area contributed by atoms with E-state index in [2.05, 4.69) is 0 Å². The van der Waals surface area contributed by atoms with Gasteiger partial charge in [0.2, 0.25) is 0 Å². The lowest BCUT2D eigenvalue weighted by atomic mass is 10.1. The fraction of sp³-hybridized carbons (Fsp3) is 0.538. The summed E-state index contributed by atoms with van der Waals surface area (Å²) >= 11 is 0. The highest BCUT2D eigenvalue weighted by Crippen LogP contribution is 2.21. The van der Waals surface area contributed by atoms with E-state index in [4.69, 9.17) is 10.00 Å². The first kappa shape index (κ1) is 14.3. The van der Waals surface area contributed by atoms with Crippen molar-refractivity contribution in [2.75, 3.05) is 0 Å². The van der Waals surface area contributed by atoms with Crippen molar-refractivity contribution in [3.05, 3.63) is 27.5 Å². The Bertz CT molecular complexity index is 526. The smallest absolute Gasteiger partial charge is 0.273 e. The molecule has 0 aromatic carbocycles. The second-order valence-corrected chi connectivity index (χ2v) is 4.40. The van der Waals surface area contributed by atoms with Crippen molar-refractivity contribution in [1.82, 2.24) is 4.57 Å². The Morgan fingerprint density at radius 3 is 2.61 bits per heavy atom. The van der Waals surface area contributed by atoms with Gasteiger partial charge in [0.25, 0.3) is 5.56 Å². The molecule has 98 valence electrons. The monoisotopic (exact) mass is 250 g/mol. The van der Waals surface area contributed by atoms with Crippen LogP contribution in [0.3, 0.4) is 0 Å². The molecule has 0 saturated heterocycles. The van der Waals surface area contributed by atoms with Crippen molar-refractivity contribution >= 4 is 0 Å². The molecule has 0 spiro atoms. The molecule has 1 rings (SSSR count). The molecule has 1 atom stereocenters. The predicted molar refractivity (Wildman–Crippen MR) is 67.4 cm³/mol. The zero-order valence-electron chi connectivity index (χ0n) is 11.1. The molecule has 1 aromatic rings. The van der Waals surface area contributed by atoms with Crippen molar-refractivity contribution in [3.8, 4) is 11.9 Å². The van der Waals surface area contributed by atoms with Gasteiger partial charge in [-0.2, -0.15) is 5.26 Å². The summed E-state index contributed by atoms with van der Waals surface area (Å²) in [5, 5.41) is 18.8. The Labute approximate surface area is 106 Å². The summed E-state index contributed by atoms with van der Waals surface area (Å²) in [5.74, 6) is -0.177. The molecule has 5 nitrogen and oxygen atoms in total. The number of hydrogen-bond acceptors (Lipinski definition) is 4. The van der Waals surface area contributed by atoms with Crippen LogP contribution in [0.2, 0.25) is 0 Å². The SMILES string of the molecule is CCC(OC(C)C)n1c(O)cc(C)c(C#N)c1=O. The van der Waals surface area contributed by atoms with E-state index in [-0.39, 0.29) is 17.5 Å². The van der Waals surface area contributed by atoms with Crippen LogP contribution in [-0.4, -0.2) is 15.8 Å². The van der Waals surface area contributed by atoms with Crippen LogP contribution in [0.15, 0.2) is 10.9 Å². The number of hydrogen-bond donors (Lipinski definition) is 1. The van der Waals surface area contributed by atoms with E-state index in [9.17, 15) is 9.90 Å². The molecule has 0 bridgehead atoms. The van der Waals surface area contributed by atoms with Gasteiger partial charge in [-0.3, -0.25) is 9.36 Å². The van der Waals surface area contributed by atoms with Crippen LogP contribution in [0.25, 0.3) is 0 Å². The van der Waals surface area contributed by atoms with Crippen LogP contribution in [0.4, 0.5) is 0 Å². The minimum Gasteiger partial charge on any atom is -0.494 e. The summed E-state index contributed by atoms with van der Waals surface area (Å²) < 4.78 is 6.71. The van der Waals surface area contributed by atoms with Gasteiger partial charge in [-0.25, -0.2) is 0 Å². The van der Waals surface area contributed by atoms with Gasteiger partial charge in [0.15, 0.2) is 5.88 Å². The van der Waals surface area contributed by atoms with Gasteiger partial charge in [0.05, 0.1) is 6.10 Å². The van der Waals surface area contributed by atoms with E-state index < -0.39 is 11.8 Å². The molecule has 1 aromatic heterocycles. The maximum absolute atomic E-state index is 12.1. The summed E-state index contributed by atoms with van der Waals surface area (Å²) in [6.45, 7) is 7.17. The van der Waals surface area contributed by atoms with Crippen molar-refractivity contribution in [2.24, 2.45) is 0 Å². The van der Waals surface area contributed by atoms with E-state index in [1.165, 1.54) is 6.07 Å². The molecule has 1 unspecified atom stereocenters. The van der Waals surface area contributed by atoms with Gasteiger partial charge in [-0.1, -0.05) is 6.92 Å². The Morgan fingerprint density at radius 1 is 1.56 bits per heavy atom. The summed E-state index contributed by atoms with van der Waals surface area (Å²) in [6, 6.07) is 3.27. The number of nitrogens with zero attached hydrogens (tertiary/aromatic N) is 2. The highest BCUT2D eigenvalue weighted by atomic mass is 16.5. The van der Waals surface area contributed by atoms with Gasteiger partial charge >= 0.3 is 0 Å². The third-order valence-electron chi connectivity index (χ3n) is 2.60. The zero-order chi connectivity index (χ0) is 13.9. The Kier molecular flexibility index (Phi) is 4.51. The molecule has 1 heterocycles. The molecule has 0 fully saturated rings. The third-order valence-corrected chi connectivity index (χ3v) is 2.60. The molecule has 0 amide bonds. The topological polar surface area (TPSA) is 75.2 Å². The number of aromatic hydroxyl groups is 1. The average Bonchev–Trinajstić information content (AvgIpc) is 2.26. The van der Waals surface area contributed by atoms with Gasteiger partial charge in [-0.05, 0) is 32.8 Å². The highest BCUT2D eigenvalue weighted by Gasteiger charge is 2.19. The molecule has 0 radical (unpaired) electrons. The number of rotatable bonds is 4. The Balaban J connectivity index is 3.40. The lowest BCUT2D eigenvalue weighted by molar-refractivity contribution is -0.0445. The van der Waals surface area contributed by atoms with Gasteiger partial charge < -0.3 is 9.84 Å². The lowest BCUT2D eigenvalue weighted by Crippen LogP contribution is -2.30. The first-order chi connectivity index (χ1) is 8.42. The van der Waals surface area contributed by atoms with E-state index in [1.807, 2.05) is 26.8 Å². The molecular formula is C13H18N2O3. The third kappa shape index (κ3) is 2.71. The predicted octanol–water partition coefficient (Wildman–Crippen LogP) is 2.07. The number of aryl methyl sites for hydroxylation is 1. The maximum atomic E-state index is 12.1. The van der Waals surface area contributed by atoms with Crippen molar-refractivity contribution < 1.29 is 9.84 Å². The maximum Gasteiger partial charge on any atom is 0.273 e. The summed E-state index contributed by atoms with van der Waals surface area (Å²) in [7, 11) is 0. The highest BCUT2D eigenvalue weighted by molar-refractivity contribution is 5.37. The number of pyridine rings is 1. The summed E-state index contributed by atoms with van der Waals surface area (Å²) in [6.07, 6.45) is -0.113. The van der Waals surface area contributed by atoms with Crippen LogP contribution in [-0.2, 0) is 4.74 Å². The summed E-state index contributed by atoms with van der Waals surface area (Å²) in [4.78, 5) is 12.1. The van der Waals surface area contributed by atoms with E-state index in [0.29, 0.717) is 12.0 Å². The minimum atomic E-state index is -0.565. The van der Waals surface area contributed by atoms with Gasteiger partial charge in [0.1, 0.15) is 17.9 Å². The van der Waals surface area contributed by atoms with Crippen LogP contribution in [0.1, 0.15) is 44.5 Å². The fourth-order valence-corrected chi connectivity index (χ4v) is 1.80. The fourth-order valence-electron chi connectivity index (χ4n) is 1.80. The van der Waals surface area contributed by atoms with E-state index in [0.717, 1.165) is 4.57 Å². The zero-order valence-corrected chi connectivity index (χ0v) is 11.1. The molecule has 0 aliphatic carbocycles. The van der Waals surface area contributed by atoms with Crippen LogP contribution in [0, 0.1) is 18.3 Å². The molecule has 5 heteroatoms.